The van der Waals surface area contributed by atoms with Crippen LogP contribution in [-0.4, -0.2) is 59.4 Å². The fourth-order valence-corrected chi connectivity index (χ4v) is 6.21. The van der Waals surface area contributed by atoms with Crippen LogP contribution in [0, 0.1) is 17.3 Å². The van der Waals surface area contributed by atoms with E-state index >= 15 is 0 Å². The zero-order valence-electron chi connectivity index (χ0n) is 15.2. The van der Waals surface area contributed by atoms with Crippen LogP contribution >= 0.6 is 0 Å². The first-order valence-corrected chi connectivity index (χ1v) is 9.60. The van der Waals surface area contributed by atoms with E-state index in [9.17, 15) is 14.7 Å². The van der Waals surface area contributed by atoms with E-state index in [0.717, 1.165) is 32.1 Å². The molecule has 0 aromatic rings. The van der Waals surface area contributed by atoms with Crippen molar-refractivity contribution >= 4 is 11.9 Å². The summed E-state index contributed by atoms with van der Waals surface area (Å²) in [4.78, 5) is 27.0. The monoisotopic (exact) mass is 351 g/mol. The highest BCUT2D eigenvalue weighted by atomic mass is 16.5. The smallest absolute Gasteiger partial charge is 0.312 e. The molecule has 1 N–H and O–H groups in total. The molecular formula is C19H29NO5. The summed E-state index contributed by atoms with van der Waals surface area (Å²) in [5.41, 5.74) is -1.26. The van der Waals surface area contributed by atoms with Gasteiger partial charge in [-0.2, -0.15) is 0 Å². The first kappa shape index (κ1) is 17.3. The third kappa shape index (κ3) is 3.19. The molecule has 1 heterocycles. The Hall–Kier alpha value is -1.14. The SMILES string of the molecule is C[C@@H]1CN(C(=O)COC(=O)C23C[C@@H]4C[C@H](CC(O)(C4)C2)C3)C[C@@H](C)O1. The van der Waals surface area contributed by atoms with Crippen LogP contribution in [0.25, 0.3) is 0 Å². The van der Waals surface area contributed by atoms with Gasteiger partial charge in [-0.15, -0.1) is 0 Å². The maximum Gasteiger partial charge on any atom is 0.312 e. The van der Waals surface area contributed by atoms with Crippen molar-refractivity contribution in [1.82, 2.24) is 4.90 Å². The van der Waals surface area contributed by atoms with Crippen molar-refractivity contribution in [3.63, 3.8) is 0 Å². The van der Waals surface area contributed by atoms with E-state index in [0.29, 0.717) is 31.3 Å². The Kier molecular flexibility index (Phi) is 4.11. The molecule has 5 fully saturated rings. The minimum Gasteiger partial charge on any atom is -0.455 e. The highest BCUT2D eigenvalue weighted by molar-refractivity contribution is 5.83. The van der Waals surface area contributed by atoms with Crippen LogP contribution in [0.4, 0.5) is 0 Å². The summed E-state index contributed by atoms with van der Waals surface area (Å²) in [6, 6.07) is 0. The van der Waals surface area contributed by atoms with Gasteiger partial charge in [0, 0.05) is 13.1 Å². The van der Waals surface area contributed by atoms with Crippen LogP contribution in [0.5, 0.6) is 0 Å². The van der Waals surface area contributed by atoms with Crippen LogP contribution in [0.15, 0.2) is 0 Å². The van der Waals surface area contributed by atoms with Crippen LogP contribution in [0.1, 0.15) is 52.4 Å². The molecule has 4 saturated carbocycles. The Balaban J connectivity index is 1.37. The quantitative estimate of drug-likeness (QED) is 0.780. The van der Waals surface area contributed by atoms with Gasteiger partial charge in [0.25, 0.3) is 5.91 Å². The Bertz CT molecular complexity index is 552. The highest BCUT2D eigenvalue weighted by Gasteiger charge is 2.60. The van der Waals surface area contributed by atoms with Gasteiger partial charge < -0.3 is 19.5 Å². The third-order valence-corrected chi connectivity index (χ3v) is 6.56. The van der Waals surface area contributed by atoms with Crippen LogP contribution in [0.3, 0.4) is 0 Å². The number of ether oxygens (including phenoxy) is 2. The molecule has 4 aliphatic carbocycles. The van der Waals surface area contributed by atoms with E-state index in [2.05, 4.69) is 0 Å². The number of aliphatic hydroxyl groups is 1. The topological polar surface area (TPSA) is 76.1 Å². The molecule has 0 spiro atoms. The lowest BCUT2D eigenvalue weighted by molar-refractivity contribution is -0.197. The summed E-state index contributed by atoms with van der Waals surface area (Å²) in [6.45, 7) is 4.76. The molecule has 0 aromatic heterocycles. The van der Waals surface area contributed by atoms with E-state index in [1.165, 1.54) is 0 Å². The number of morpholine rings is 1. The number of rotatable bonds is 3. The van der Waals surface area contributed by atoms with Crippen molar-refractivity contribution in [3.8, 4) is 0 Å². The van der Waals surface area contributed by atoms with Crippen LogP contribution < -0.4 is 0 Å². The minimum absolute atomic E-state index is 0.000743. The summed E-state index contributed by atoms with van der Waals surface area (Å²) in [5, 5.41) is 10.8. The second-order valence-electron chi connectivity index (χ2n) is 9.10. The summed E-state index contributed by atoms with van der Waals surface area (Å²) < 4.78 is 11.1. The lowest BCUT2D eigenvalue weighted by atomic mass is 9.48. The van der Waals surface area contributed by atoms with E-state index in [1.54, 1.807) is 4.90 Å². The number of amides is 1. The number of nitrogens with zero attached hydrogens (tertiary/aromatic N) is 1. The average Bonchev–Trinajstić information content (AvgIpc) is 2.48. The molecule has 5 aliphatic rings. The Morgan fingerprint density at radius 3 is 2.28 bits per heavy atom. The molecule has 1 amide bonds. The molecule has 4 atom stereocenters. The van der Waals surface area contributed by atoms with Crippen molar-refractivity contribution in [2.45, 2.75) is 70.2 Å². The van der Waals surface area contributed by atoms with Gasteiger partial charge in [0.05, 0.1) is 23.2 Å². The van der Waals surface area contributed by atoms with Crippen molar-refractivity contribution in [3.05, 3.63) is 0 Å². The maximum absolute atomic E-state index is 12.8. The number of carbonyl (C=O) groups is 2. The second-order valence-corrected chi connectivity index (χ2v) is 9.10. The normalized spacial score (nSPS) is 45.5. The fourth-order valence-electron chi connectivity index (χ4n) is 6.21. The Labute approximate surface area is 148 Å². The van der Waals surface area contributed by atoms with Crippen LogP contribution in [0.2, 0.25) is 0 Å². The van der Waals surface area contributed by atoms with Gasteiger partial charge in [0.2, 0.25) is 0 Å². The molecule has 6 nitrogen and oxygen atoms in total. The van der Waals surface area contributed by atoms with Gasteiger partial charge in [-0.25, -0.2) is 0 Å². The first-order chi connectivity index (χ1) is 11.8. The predicted octanol–water partition coefficient (Wildman–Crippen LogP) is 1.50. The first-order valence-electron chi connectivity index (χ1n) is 9.60. The van der Waals surface area contributed by atoms with E-state index in [1.807, 2.05) is 13.8 Å². The molecule has 6 heteroatoms. The largest absolute Gasteiger partial charge is 0.455 e. The Morgan fingerprint density at radius 1 is 1.12 bits per heavy atom. The van der Waals surface area contributed by atoms with Gasteiger partial charge in [-0.3, -0.25) is 9.59 Å². The molecule has 1 aliphatic heterocycles. The number of hydrogen-bond donors (Lipinski definition) is 1. The summed E-state index contributed by atoms with van der Waals surface area (Å²) >= 11 is 0. The number of esters is 1. The van der Waals surface area contributed by atoms with Crippen molar-refractivity contribution in [1.29, 1.82) is 0 Å². The van der Waals surface area contributed by atoms with Gasteiger partial charge >= 0.3 is 5.97 Å². The molecule has 4 bridgehead atoms. The molecule has 140 valence electrons. The summed E-state index contributed by atoms with van der Waals surface area (Å²) in [7, 11) is 0. The summed E-state index contributed by atoms with van der Waals surface area (Å²) in [5.74, 6) is 0.424. The van der Waals surface area contributed by atoms with E-state index < -0.39 is 11.0 Å². The van der Waals surface area contributed by atoms with Gasteiger partial charge in [0.15, 0.2) is 6.61 Å². The van der Waals surface area contributed by atoms with Crippen molar-refractivity contribution in [2.75, 3.05) is 19.7 Å². The average molecular weight is 351 g/mol. The lowest BCUT2D eigenvalue weighted by Gasteiger charge is -2.58. The number of hydrogen-bond acceptors (Lipinski definition) is 5. The lowest BCUT2D eigenvalue weighted by Crippen LogP contribution is -2.58. The van der Waals surface area contributed by atoms with Gasteiger partial charge in [0.1, 0.15) is 0 Å². The molecule has 0 unspecified atom stereocenters. The van der Waals surface area contributed by atoms with E-state index in [-0.39, 0.29) is 30.7 Å². The molecule has 0 radical (unpaired) electrons. The zero-order chi connectivity index (χ0) is 17.8. The van der Waals surface area contributed by atoms with Gasteiger partial charge in [-0.1, -0.05) is 0 Å². The van der Waals surface area contributed by atoms with Crippen LogP contribution in [-0.2, 0) is 19.1 Å². The molecular weight excluding hydrogens is 322 g/mol. The highest BCUT2D eigenvalue weighted by Crippen LogP contribution is 2.61. The fraction of sp³-hybridized carbons (Fsp3) is 0.895. The summed E-state index contributed by atoms with van der Waals surface area (Å²) in [6.07, 6.45) is 4.89. The molecule has 5 rings (SSSR count). The number of carbonyl (C=O) groups excluding carboxylic acids is 2. The Morgan fingerprint density at radius 2 is 1.72 bits per heavy atom. The third-order valence-electron chi connectivity index (χ3n) is 6.56. The molecule has 0 aromatic carbocycles. The zero-order valence-corrected chi connectivity index (χ0v) is 15.2. The van der Waals surface area contributed by atoms with Crippen molar-refractivity contribution in [2.24, 2.45) is 17.3 Å². The van der Waals surface area contributed by atoms with Gasteiger partial charge in [-0.05, 0) is 64.2 Å². The minimum atomic E-state index is -0.692. The van der Waals surface area contributed by atoms with Crippen molar-refractivity contribution < 1.29 is 24.2 Å². The van der Waals surface area contributed by atoms with E-state index in [4.69, 9.17) is 9.47 Å². The standard InChI is InChI=1S/C19H29NO5/c1-12-8-20(9-13(2)25-12)16(21)10-24-17(22)18-4-14-3-15(5-18)7-19(23,6-14)11-18/h12-15,23H,3-11H2,1-2H3/t12-,13-,14+,15+,18?,19?/m1/s1. The molecule has 25 heavy (non-hydrogen) atoms. The molecule has 1 saturated heterocycles. The maximum atomic E-state index is 12.8. The second kappa shape index (κ2) is 5.95. The predicted molar refractivity (Wildman–Crippen MR) is 89.6 cm³/mol.